The van der Waals surface area contributed by atoms with Crippen LogP contribution in [0.4, 0.5) is 10.3 Å². The summed E-state index contributed by atoms with van der Waals surface area (Å²) < 4.78 is 18.4. The van der Waals surface area contributed by atoms with Gasteiger partial charge in [-0.05, 0) is 26.8 Å². The van der Waals surface area contributed by atoms with Crippen LogP contribution < -0.4 is 16.3 Å². The summed E-state index contributed by atoms with van der Waals surface area (Å²) in [5.41, 5.74) is 0.636. The van der Waals surface area contributed by atoms with E-state index in [1.54, 1.807) is 34.8 Å². The van der Waals surface area contributed by atoms with E-state index in [-0.39, 0.29) is 23.8 Å². The standard InChI is InChI=1S/C21H23FN6O2/c1-5-6-11-27-20-23-18-17(28(20)14(3)13(2)24-27)19(29)26(21(30)25(18)4)12-15-9-7-8-10-16(15)22/h5-10,14H,11-12H2,1-4H3/b6-5+. The highest BCUT2D eigenvalue weighted by molar-refractivity contribution is 5.91. The maximum atomic E-state index is 14.2. The first-order valence-electron chi connectivity index (χ1n) is 9.74. The molecule has 3 aromatic rings. The number of allylic oxidation sites excluding steroid dienone is 1. The van der Waals surface area contributed by atoms with Crippen LogP contribution >= 0.6 is 0 Å². The smallest absolute Gasteiger partial charge is 0.294 e. The van der Waals surface area contributed by atoms with Gasteiger partial charge in [-0.1, -0.05) is 30.4 Å². The summed E-state index contributed by atoms with van der Waals surface area (Å²) >= 11 is 0. The van der Waals surface area contributed by atoms with Crippen LogP contribution in [-0.2, 0) is 13.6 Å². The van der Waals surface area contributed by atoms with Crippen molar-refractivity contribution in [3.63, 3.8) is 0 Å². The fourth-order valence-corrected chi connectivity index (χ4v) is 3.65. The Bertz CT molecular complexity index is 1310. The molecule has 1 aromatic carbocycles. The number of anilines is 1. The number of rotatable bonds is 4. The number of hydrogen-bond donors (Lipinski definition) is 0. The van der Waals surface area contributed by atoms with E-state index in [2.05, 4.69) is 10.1 Å². The lowest BCUT2D eigenvalue weighted by Gasteiger charge is -2.28. The Kier molecular flexibility index (Phi) is 4.89. The van der Waals surface area contributed by atoms with Crippen molar-refractivity contribution in [3.8, 4) is 0 Å². The molecule has 2 aromatic heterocycles. The molecule has 0 saturated carbocycles. The topological polar surface area (TPSA) is 77.4 Å². The number of fused-ring (bicyclic) bond motifs is 3. The van der Waals surface area contributed by atoms with Gasteiger partial charge in [0.15, 0.2) is 11.2 Å². The molecule has 0 amide bonds. The largest absolute Gasteiger partial charge is 0.332 e. The Morgan fingerprint density at radius 1 is 1.23 bits per heavy atom. The average molecular weight is 410 g/mol. The summed E-state index contributed by atoms with van der Waals surface area (Å²) in [4.78, 5) is 30.9. The van der Waals surface area contributed by atoms with Crippen molar-refractivity contribution < 1.29 is 4.39 Å². The highest BCUT2D eigenvalue weighted by Gasteiger charge is 2.30. The fourth-order valence-electron chi connectivity index (χ4n) is 3.65. The molecule has 0 aliphatic carbocycles. The maximum Gasteiger partial charge on any atom is 0.332 e. The number of halogens is 1. The number of aryl methyl sites for hydroxylation is 1. The van der Waals surface area contributed by atoms with Crippen LogP contribution in [0.1, 0.15) is 32.4 Å². The van der Waals surface area contributed by atoms with Crippen molar-refractivity contribution in [2.75, 3.05) is 11.6 Å². The first-order valence-corrected chi connectivity index (χ1v) is 9.74. The van der Waals surface area contributed by atoms with Gasteiger partial charge in [-0.25, -0.2) is 14.2 Å². The number of imidazole rings is 1. The minimum Gasteiger partial charge on any atom is -0.294 e. The minimum absolute atomic E-state index is 0.154. The van der Waals surface area contributed by atoms with E-state index in [1.807, 2.05) is 32.9 Å². The molecule has 1 aliphatic rings. The van der Waals surface area contributed by atoms with Crippen molar-refractivity contribution in [2.45, 2.75) is 33.4 Å². The summed E-state index contributed by atoms with van der Waals surface area (Å²) in [7, 11) is 1.57. The molecule has 1 atom stereocenters. The molecular weight excluding hydrogens is 387 g/mol. The molecule has 0 fully saturated rings. The van der Waals surface area contributed by atoms with Crippen LogP contribution in [0.15, 0.2) is 51.1 Å². The van der Waals surface area contributed by atoms with Crippen molar-refractivity contribution >= 4 is 22.8 Å². The third-order valence-electron chi connectivity index (χ3n) is 5.46. The molecule has 0 bridgehead atoms. The molecule has 0 spiro atoms. The zero-order chi connectivity index (χ0) is 21.6. The lowest BCUT2D eigenvalue weighted by molar-refractivity contribution is 0.580. The fraction of sp³-hybridized carbons (Fsp3) is 0.333. The quantitative estimate of drug-likeness (QED) is 0.619. The number of benzene rings is 1. The number of aromatic nitrogens is 4. The second-order valence-electron chi connectivity index (χ2n) is 7.35. The SMILES string of the molecule is C/C=C/CN1N=C(C)C(C)n2c1nc1c2c(=O)n(Cc2ccccc2F)c(=O)n1C. The Morgan fingerprint density at radius 2 is 1.97 bits per heavy atom. The second kappa shape index (κ2) is 7.40. The molecular formula is C21H23FN6O2. The van der Waals surface area contributed by atoms with E-state index in [9.17, 15) is 14.0 Å². The van der Waals surface area contributed by atoms with Crippen molar-refractivity contribution in [1.29, 1.82) is 0 Å². The maximum absolute atomic E-state index is 14.2. The van der Waals surface area contributed by atoms with Crippen molar-refractivity contribution in [3.05, 3.63) is 68.6 Å². The molecule has 1 aliphatic heterocycles. The van der Waals surface area contributed by atoms with Crippen molar-refractivity contribution in [1.82, 2.24) is 18.7 Å². The monoisotopic (exact) mass is 410 g/mol. The Morgan fingerprint density at radius 3 is 2.67 bits per heavy atom. The lowest BCUT2D eigenvalue weighted by atomic mass is 10.2. The zero-order valence-corrected chi connectivity index (χ0v) is 17.3. The van der Waals surface area contributed by atoms with Crippen LogP contribution in [0.5, 0.6) is 0 Å². The number of hydrazone groups is 1. The van der Waals surface area contributed by atoms with E-state index < -0.39 is 17.1 Å². The van der Waals surface area contributed by atoms with Crippen LogP contribution in [0, 0.1) is 5.82 Å². The van der Waals surface area contributed by atoms with Crippen molar-refractivity contribution in [2.24, 2.45) is 12.1 Å². The molecule has 8 nitrogen and oxygen atoms in total. The van der Waals surface area contributed by atoms with E-state index in [4.69, 9.17) is 0 Å². The molecule has 9 heteroatoms. The summed E-state index contributed by atoms with van der Waals surface area (Å²) in [6.45, 7) is 6.07. The average Bonchev–Trinajstić information content (AvgIpc) is 3.14. The van der Waals surface area contributed by atoms with Gasteiger partial charge in [0.25, 0.3) is 5.56 Å². The molecule has 3 heterocycles. The molecule has 156 valence electrons. The summed E-state index contributed by atoms with van der Waals surface area (Å²) in [5.74, 6) is 0.0349. The first-order chi connectivity index (χ1) is 14.3. The van der Waals surface area contributed by atoms with E-state index in [0.717, 1.165) is 10.3 Å². The normalized spacial score (nSPS) is 16.4. The second-order valence-corrected chi connectivity index (χ2v) is 7.35. The molecule has 0 saturated heterocycles. The Labute approximate surface area is 172 Å². The molecule has 0 radical (unpaired) electrons. The van der Waals surface area contributed by atoms with Crippen LogP contribution in [0.3, 0.4) is 0 Å². The summed E-state index contributed by atoms with van der Waals surface area (Å²) in [6, 6.07) is 5.91. The van der Waals surface area contributed by atoms with E-state index >= 15 is 0 Å². The highest BCUT2D eigenvalue weighted by atomic mass is 19.1. The van der Waals surface area contributed by atoms with Gasteiger partial charge in [0.05, 0.1) is 24.8 Å². The van der Waals surface area contributed by atoms with Crippen LogP contribution in [-0.4, -0.2) is 30.9 Å². The predicted octanol–water partition coefficient (Wildman–Crippen LogP) is 2.42. The van der Waals surface area contributed by atoms with E-state index in [0.29, 0.717) is 18.0 Å². The minimum atomic E-state index is -0.545. The van der Waals surface area contributed by atoms with Crippen LogP contribution in [0.25, 0.3) is 11.2 Å². The number of hydrogen-bond acceptors (Lipinski definition) is 5. The van der Waals surface area contributed by atoms with Gasteiger partial charge in [-0.3, -0.25) is 18.5 Å². The van der Waals surface area contributed by atoms with Gasteiger partial charge in [0.1, 0.15) is 5.82 Å². The Hall–Kier alpha value is -3.49. The van der Waals surface area contributed by atoms with Gasteiger partial charge in [-0.2, -0.15) is 10.1 Å². The first kappa shape index (κ1) is 19.8. The lowest BCUT2D eigenvalue weighted by Crippen LogP contribution is -2.40. The van der Waals surface area contributed by atoms with Crippen LogP contribution in [0.2, 0.25) is 0 Å². The Balaban J connectivity index is 1.98. The summed E-state index contributed by atoms with van der Waals surface area (Å²) in [6.07, 6.45) is 3.85. The number of nitrogens with zero attached hydrogens (tertiary/aromatic N) is 6. The third kappa shape index (κ3) is 2.97. The summed E-state index contributed by atoms with van der Waals surface area (Å²) in [5, 5.41) is 6.30. The van der Waals surface area contributed by atoms with Gasteiger partial charge in [0, 0.05) is 12.6 Å². The van der Waals surface area contributed by atoms with Gasteiger partial charge >= 0.3 is 5.69 Å². The molecule has 4 rings (SSSR count). The van der Waals surface area contributed by atoms with Gasteiger partial charge in [-0.15, -0.1) is 0 Å². The molecule has 1 unspecified atom stereocenters. The van der Waals surface area contributed by atoms with Gasteiger partial charge < -0.3 is 0 Å². The molecule has 30 heavy (non-hydrogen) atoms. The van der Waals surface area contributed by atoms with Gasteiger partial charge in [0.2, 0.25) is 5.95 Å². The molecule has 0 N–H and O–H groups in total. The zero-order valence-electron chi connectivity index (χ0n) is 17.3. The van der Waals surface area contributed by atoms with E-state index in [1.165, 1.54) is 10.6 Å². The predicted molar refractivity (Wildman–Crippen MR) is 115 cm³/mol. The third-order valence-corrected chi connectivity index (χ3v) is 5.46. The highest BCUT2D eigenvalue weighted by Crippen LogP contribution is 2.29.